The first-order chi connectivity index (χ1) is 12.7. The lowest BCUT2D eigenvalue weighted by Crippen LogP contribution is -2.58. The van der Waals surface area contributed by atoms with E-state index in [1.807, 2.05) is 18.2 Å². The van der Waals surface area contributed by atoms with Crippen molar-refractivity contribution in [2.75, 3.05) is 26.2 Å². The number of hydrogen-bond donors (Lipinski definition) is 0. The number of amides is 1. The molecule has 3 rings (SSSR count). The van der Waals surface area contributed by atoms with Crippen molar-refractivity contribution < 1.29 is 4.79 Å². The maximum atomic E-state index is 12.3. The fourth-order valence-electron chi connectivity index (χ4n) is 4.30. The molecule has 0 spiro atoms. The van der Waals surface area contributed by atoms with E-state index in [1.54, 1.807) is 6.92 Å². The zero-order chi connectivity index (χ0) is 18.4. The predicted octanol–water partition coefficient (Wildman–Crippen LogP) is 3.16. The summed E-state index contributed by atoms with van der Waals surface area (Å²) in [5.74, 6) is 0.187. The first-order valence-corrected chi connectivity index (χ1v) is 9.93. The molecule has 26 heavy (non-hydrogen) atoms. The van der Waals surface area contributed by atoms with Crippen LogP contribution >= 0.6 is 0 Å². The first kappa shape index (κ1) is 18.9. The highest BCUT2D eigenvalue weighted by Gasteiger charge is 2.30. The molecule has 2 fully saturated rings. The molecule has 1 aromatic carbocycles. The average Bonchev–Trinajstić information content (AvgIpc) is 2.92. The molecule has 5 heteroatoms. The minimum Gasteiger partial charge on any atom is -0.296 e. The topological polar surface area (TPSA) is 50.6 Å². The predicted molar refractivity (Wildman–Crippen MR) is 102 cm³/mol. The minimum absolute atomic E-state index is 0.187. The van der Waals surface area contributed by atoms with E-state index in [-0.39, 0.29) is 5.91 Å². The van der Waals surface area contributed by atoms with Gasteiger partial charge in [0.15, 0.2) is 0 Å². The first-order valence-electron chi connectivity index (χ1n) is 9.93. The molecule has 0 atom stereocenters. The van der Waals surface area contributed by atoms with Crippen LogP contribution in [0, 0.1) is 11.3 Å². The molecule has 2 aliphatic rings. The van der Waals surface area contributed by atoms with Gasteiger partial charge in [-0.15, -0.1) is 0 Å². The molecule has 1 saturated carbocycles. The molecule has 1 aliphatic carbocycles. The highest BCUT2D eigenvalue weighted by Crippen LogP contribution is 2.24. The molecule has 140 valence electrons. The largest absolute Gasteiger partial charge is 0.296 e. The van der Waals surface area contributed by atoms with E-state index in [0.717, 1.165) is 51.1 Å². The minimum atomic E-state index is 0.187. The number of carbonyl (C=O) groups excluding carboxylic acids is 1. The van der Waals surface area contributed by atoms with E-state index in [2.05, 4.69) is 27.1 Å². The van der Waals surface area contributed by atoms with Gasteiger partial charge in [-0.3, -0.25) is 14.7 Å². The van der Waals surface area contributed by atoms with Gasteiger partial charge in [0.25, 0.3) is 0 Å². The van der Waals surface area contributed by atoms with Crippen LogP contribution in [0.25, 0.3) is 0 Å². The molecule has 0 N–H and O–H groups in total. The van der Waals surface area contributed by atoms with Crippen molar-refractivity contribution in [1.82, 2.24) is 14.9 Å². The Morgan fingerprint density at radius 2 is 1.85 bits per heavy atom. The van der Waals surface area contributed by atoms with E-state index >= 15 is 0 Å². The molecule has 1 aliphatic heterocycles. The number of carbonyl (C=O) groups is 1. The van der Waals surface area contributed by atoms with Crippen LogP contribution in [0.2, 0.25) is 0 Å². The fourth-order valence-corrected chi connectivity index (χ4v) is 4.30. The van der Waals surface area contributed by atoms with Crippen LogP contribution in [0.4, 0.5) is 0 Å². The lowest BCUT2D eigenvalue weighted by atomic mass is 10.1. The van der Waals surface area contributed by atoms with Gasteiger partial charge in [0.1, 0.15) is 0 Å². The molecule has 0 radical (unpaired) electrons. The van der Waals surface area contributed by atoms with Crippen LogP contribution in [0.1, 0.15) is 56.6 Å². The lowest BCUT2D eigenvalue weighted by Gasteiger charge is -2.44. The summed E-state index contributed by atoms with van der Waals surface area (Å²) in [5, 5.41) is 13.4. The van der Waals surface area contributed by atoms with Crippen molar-refractivity contribution in [3.63, 3.8) is 0 Å². The van der Waals surface area contributed by atoms with Crippen LogP contribution in [-0.4, -0.2) is 53.0 Å². The van der Waals surface area contributed by atoms with Gasteiger partial charge in [-0.1, -0.05) is 37.8 Å². The van der Waals surface area contributed by atoms with Crippen molar-refractivity contribution in [2.45, 2.75) is 58.0 Å². The second-order valence-electron chi connectivity index (χ2n) is 7.55. The van der Waals surface area contributed by atoms with Crippen molar-refractivity contribution >= 4 is 5.91 Å². The van der Waals surface area contributed by atoms with Crippen LogP contribution in [-0.2, 0) is 11.3 Å². The average molecular weight is 354 g/mol. The molecule has 0 bridgehead atoms. The quantitative estimate of drug-likeness (QED) is 0.780. The molecule has 5 nitrogen and oxygen atoms in total. The summed E-state index contributed by atoms with van der Waals surface area (Å²) in [4.78, 5) is 14.8. The third-order valence-corrected chi connectivity index (χ3v) is 5.61. The van der Waals surface area contributed by atoms with Gasteiger partial charge in [0, 0.05) is 45.7 Å². The Bertz CT molecular complexity index is 638. The van der Waals surface area contributed by atoms with Gasteiger partial charge in [0.05, 0.1) is 11.6 Å². The number of piperazine rings is 1. The van der Waals surface area contributed by atoms with Crippen LogP contribution in [0.15, 0.2) is 24.3 Å². The summed E-state index contributed by atoms with van der Waals surface area (Å²) in [6, 6.07) is 10.4. The zero-order valence-electron chi connectivity index (χ0n) is 15.9. The van der Waals surface area contributed by atoms with Gasteiger partial charge in [-0.05, 0) is 30.5 Å². The number of hydrazine groups is 1. The Labute approximate surface area is 157 Å². The van der Waals surface area contributed by atoms with Gasteiger partial charge in [-0.2, -0.15) is 5.26 Å². The monoisotopic (exact) mass is 354 g/mol. The maximum Gasteiger partial charge on any atom is 0.234 e. The number of nitrogens with zero attached hydrogens (tertiary/aromatic N) is 4. The van der Waals surface area contributed by atoms with Gasteiger partial charge in [-0.25, -0.2) is 5.01 Å². The lowest BCUT2D eigenvalue weighted by molar-refractivity contribution is -0.158. The van der Waals surface area contributed by atoms with Gasteiger partial charge >= 0.3 is 0 Å². The summed E-state index contributed by atoms with van der Waals surface area (Å²) >= 11 is 0. The summed E-state index contributed by atoms with van der Waals surface area (Å²) in [7, 11) is 0. The van der Waals surface area contributed by atoms with E-state index in [0.29, 0.717) is 6.04 Å². The van der Waals surface area contributed by atoms with Crippen LogP contribution in [0.3, 0.4) is 0 Å². The SMILES string of the molecule is CC(=O)N(C1CCCCCC1)N1CCN(Cc2cccc(C#N)c2)CC1. The highest BCUT2D eigenvalue weighted by atomic mass is 16.2. The van der Waals surface area contributed by atoms with Gasteiger partial charge < -0.3 is 0 Å². The summed E-state index contributed by atoms with van der Waals surface area (Å²) in [6.07, 6.45) is 7.37. The molecular formula is C21H30N4O. The Hall–Kier alpha value is -1.90. The molecule has 1 saturated heterocycles. The van der Waals surface area contributed by atoms with Crippen molar-refractivity contribution in [3.05, 3.63) is 35.4 Å². The maximum absolute atomic E-state index is 12.3. The number of rotatable bonds is 4. The molecule has 1 amide bonds. The van der Waals surface area contributed by atoms with E-state index in [1.165, 1.54) is 31.2 Å². The van der Waals surface area contributed by atoms with E-state index < -0.39 is 0 Å². The van der Waals surface area contributed by atoms with Crippen LogP contribution < -0.4 is 0 Å². The Morgan fingerprint density at radius 3 is 2.46 bits per heavy atom. The van der Waals surface area contributed by atoms with E-state index in [9.17, 15) is 4.79 Å². The molecule has 1 aromatic rings. The molecule has 0 unspecified atom stereocenters. The zero-order valence-corrected chi connectivity index (χ0v) is 15.9. The van der Waals surface area contributed by atoms with Crippen molar-refractivity contribution in [3.8, 4) is 6.07 Å². The standard InChI is InChI=1S/C21H30N4O/c1-18(26)25(21-9-4-2-3-5-10-21)24-13-11-23(12-14-24)17-20-8-6-7-19(15-20)16-22/h6-8,15,21H,2-5,9-14,17H2,1H3. The second-order valence-corrected chi connectivity index (χ2v) is 7.55. The number of benzene rings is 1. The molecule has 1 heterocycles. The van der Waals surface area contributed by atoms with Crippen molar-refractivity contribution in [2.24, 2.45) is 0 Å². The summed E-state index contributed by atoms with van der Waals surface area (Å²) < 4.78 is 0. The summed E-state index contributed by atoms with van der Waals surface area (Å²) in [5.41, 5.74) is 1.90. The number of nitriles is 1. The molecular weight excluding hydrogens is 324 g/mol. The van der Waals surface area contributed by atoms with Gasteiger partial charge in [0.2, 0.25) is 5.91 Å². The second kappa shape index (κ2) is 9.16. The van der Waals surface area contributed by atoms with E-state index in [4.69, 9.17) is 5.26 Å². The van der Waals surface area contributed by atoms with Crippen molar-refractivity contribution in [1.29, 1.82) is 5.26 Å². The normalized spacial score (nSPS) is 20.3. The molecule has 0 aromatic heterocycles. The number of hydrogen-bond acceptors (Lipinski definition) is 4. The van der Waals surface area contributed by atoms with Crippen LogP contribution in [0.5, 0.6) is 0 Å². The summed E-state index contributed by atoms with van der Waals surface area (Å²) in [6.45, 7) is 6.28. The Morgan fingerprint density at radius 1 is 1.15 bits per heavy atom. The Balaban J connectivity index is 1.57. The highest BCUT2D eigenvalue weighted by molar-refractivity contribution is 5.73. The third kappa shape index (κ3) is 4.84. The third-order valence-electron chi connectivity index (χ3n) is 5.61. The Kier molecular flexibility index (Phi) is 6.65. The fraction of sp³-hybridized carbons (Fsp3) is 0.619. The smallest absolute Gasteiger partial charge is 0.234 e.